The fraction of sp³-hybridized carbons (Fsp3) is 0.137. The Bertz CT molecular complexity index is 1830. The van der Waals surface area contributed by atoms with Crippen LogP contribution in [0.25, 0.3) is 5.57 Å². The predicted octanol–water partition coefficient (Wildman–Crippen LogP) is 13.7. The smallest absolute Gasteiger partial charge is 0.0383 e. The topological polar surface area (TPSA) is 26.0 Å². The number of benzene rings is 1. The second-order valence-corrected chi connectivity index (χ2v) is 13.1. The highest BCUT2D eigenvalue weighted by Gasteiger charge is 2.40. The van der Waals surface area contributed by atoms with Gasteiger partial charge < -0.3 is 5.73 Å². The molecule has 0 aromatic heterocycles. The van der Waals surface area contributed by atoms with E-state index in [9.17, 15) is 0 Å². The average Bonchev–Trinajstić information content (AvgIpc) is 3.15. The molecule has 0 saturated carbocycles. The minimum absolute atomic E-state index is 0.0853. The van der Waals surface area contributed by atoms with Crippen molar-refractivity contribution in [2.24, 2.45) is 17.1 Å². The Balaban J connectivity index is 2.34. The minimum atomic E-state index is -0.466. The van der Waals surface area contributed by atoms with Crippen LogP contribution >= 0.6 is 12.6 Å². The summed E-state index contributed by atoms with van der Waals surface area (Å²) in [5.41, 5.74) is 13.1. The van der Waals surface area contributed by atoms with Gasteiger partial charge in [-0.3, -0.25) is 0 Å². The second-order valence-electron chi connectivity index (χ2n) is 12.5. The molecule has 272 valence electrons. The van der Waals surface area contributed by atoms with E-state index >= 15 is 0 Å². The van der Waals surface area contributed by atoms with Crippen LogP contribution in [0.2, 0.25) is 0 Å². The number of hydrogen-bond donors (Lipinski definition) is 2. The van der Waals surface area contributed by atoms with Gasteiger partial charge >= 0.3 is 0 Å². The van der Waals surface area contributed by atoms with Gasteiger partial charge in [0.2, 0.25) is 0 Å². The highest BCUT2D eigenvalue weighted by Crippen LogP contribution is 2.51. The summed E-state index contributed by atoms with van der Waals surface area (Å²) >= 11 is 4.89. The largest absolute Gasteiger partial charge is 0.402 e. The minimum Gasteiger partial charge on any atom is -0.402 e. The summed E-state index contributed by atoms with van der Waals surface area (Å²) in [6.45, 7) is 24.4. The van der Waals surface area contributed by atoms with Crippen molar-refractivity contribution in [3.05, 3.63) is 261 Å². The molecule has 0 amide bonds. The molecular weight excluding hydrogens is 659 g/mol. The van der Waals surface area contributed by atoms with E-state index in [0.717, 1.165) is 34.4 Å². The Kier molecular flexibility index (Phi) is 20.9. The molecule has 0 spiro atoms. The Morgan fingerprint density at radius 1 is 0.755 bits per heavy atom. The van der Waals surface area contributed by atoms with Gasteiger partial charge in [-0.25, -0.2) is 0 Å². The van der Waals surface area contributed by atoms with Gasteiger partial charge in [0.25, 0.3) is 0 Å². The normalized spacial score (nSPS) is 21.5. The molecule has 1 aliphatic rings. The number of thiol groups is 1. The standard InChI is InChI=1S/C51H57NS/c1-8-11-14-18-28-42(4)29-19-16-20-31-46(45(7)52)32-25-27-38-50(53)40-39-44(6)51(43(5)30-13-10-3)41-48(47-33-21-17-22-34-47)35-24-26-37-49(51)36-23-15-12-9-2/h8-30,32-40,43,50,53H,1-4,6,31,41,52H2,5,7H3/b14-11-,15-12-,20-16-,26-24-,28-18-,29-19-,30-13-,32-25-,36-23-,38-27+,40-39-,46-45+,48-35+,49-37-. The quantitative estimate of drug-likeness (QED) is 0.102. The van der Waals surface area contributed by atoms with Gasteiger partial charge in [0, 0.05) is 16.4 Å². The van der Waals surface area contributed by atoms with Gasteiger partial charge in [-0.2, -0.15) is 12.6 Å². The zero-order valence-corrected chi connectivity index (χ0v) is 32.5. The predicted molar refractivity (Wildman–Crippen MR) is 242 cm³/mol. The van der Waals surface area contributed by atoms with Crippen molar-refractivity contribution in [1.29, 1.82) is 0 Å². The first-order chi connectivity index (χ1) is 25.7. The molecule has 0 radical (unpaired) electrons. The van der Waals surface area contributed by atoms with Crippen LogP contribution in [0.4, 0.5) is 0 Å². The lowest BCUT2D eigenvalue weighted by molar-refractivity contribution is 0.357. The van der Waals surface area contributed by atoms with Crippen LogP contribution in [0.3, 0.4) is 0 Å². The second kappa shape index (κ2) is 25.4. The average molecular weight is 716 g/mol. The monoisotopic (exact) mass is 715 g/mol. The number of rotatable bonds is 20. The summed E-state index contributed by atoms with van der Waals surface area (Å²) in [5, 5.41) is -0.130. The first-order valence-corrected chi connectivity index (χ1v) is 18.4. The zero-order valence-electron chi connectivity index (χ0n) is 31.6. The van der Waals surface area contributed by atoms with Crippen LogP contribution in [-0.4, -0.2) is 5.25 Å². The lowest BCUT2D eigenvalue weighted by Crippen LogP contribution is -2.32. The zero-order chi connectivity index (χ0) is 38.7. The van der Waals surface area contributed by atoms with Gasteiger partial charge in [-0.1, -0.05) is 234 Å². The SMILES string of the molecule is C=C/C=C\C=C/C(=C)/C=C\C=C/CC(/C=C\C=C\C(S)/C=C\C(=C)C1(C(C)/C=C\C=C)C\C(c2ccccc2)=C/C=C\C=C1\C=C/C=C\C=C)=C(/C)N. The van der Waals surface area contributed by atoms with E-state index in [-0.39, 0.29) is 11.2 Å². The van der Waals surface area contributed by atoms with Crippen molar-refractivity contribution < 1.29 is 0 Å². The molecule has 1 nitrogen and oxygen atoms in total. The molecule has 1 aliphatic carbocycles. The Hall–Kier alpha value is -5.57. The molecule has 0 bridgehead atoms. The molecular formula is C51H57NS. The molecule has 0 saturated heterocycles. The van der Waals surface area contributed by atoms with Crippen LogP contribution in [0, 0.1) is 11.3 Å². The summed E-state index contributed by atoms with van der Waals surface area (Å²) in [7, 11) is 0. The molecule has 53 heavy (non-hydrogen) atoms. The first-order valence-electron chi connectivity index (χ1n) is 17.9. The van der Waals surface area contributed by atoms with Crippen LogP contribution in [0.15, 0.2) is 255 Å². The van der Waals surface area contributed by atoms with Gasteiger partial charge in [0.05, 0.1) is 0 Å². The summed E-state index contributed by atoms with van der Waals surface area (Å²) in [6.07, 6.45) is 55.9. The molecule has 1 aromatic carbocycles. The third-order valence-electron chi connectivity index (χ3n) is 8.62. The van der Waals surface area contributed by atoms with Gasteiger partial charge in [0.15, 0.2) is 0 Å². The lowest BCUT2D eigenvalue weighted by atomic mass is 9.61. The molecule has 2 heteroatoms. The molecule has 2 rings (SSSR count). The summed E-state index contributed by atoms with van der Waals surface area (Å²) < 4.78 is 0. The fourth-order valence-corrected chi connectivity index (χ4v) is 5.88. The van der Waals surface area contributed by atoms with E-state index < -0.39 is 5.41 Å². The van der Waals surface area contributed by atoms with Crippen molar-refractivity contribution in [2.75, 3.05) is 0 Å². The third-order valence-corrected chi connectivity index (χ3v) is 8.96. The Labute approximate surface area is 326 Å². The molecule has 0 fully saturated rings. The van der Waals surface area contributed by atoms with E-state index in [1.54, 1.807) is 12.2 Å². The Morgan fingerprint density at radius 2 is 1.40 bits per heavy atom. The van der Waals surface area contributed by atoms with Crippen molar-refractivity contribution >= 4 is 18.2 Å². The maximum atomic E-state index is 6.21. The van der Waals surface area contributed by atoms with Gasteiger partial charge in [0.1, 0.15) is 0 Å². The molecule has 2 N–H and O–H groups in total. The molecule has 0 aliphatic heterocycles. The van der Waals surface area contributed by atoms with E-state index in [1.165, 1.54) is 11.1 Å². The van der Waals surface area contributed by atoms with Crippen molar-refractivity contribution in [3.63, 3.8) is 0 Å². The highest BCUT2D eigenvalue weighted by atomic mass is 32.1. The summed E-state index contributed by atoms with van der Waals surface area (Å²) in [4.78, 5) is 0. The third kappa shape index (κ3) is 15.7. The summed E-state index contributed by atoms with van der Waals surface area (Å²) in [5.74, 6) is 0.0853. The lowest BCUT2D eigenvalue weighted by Gasteiger charge is -2.42. The van der Waals surface area contributed by atoms with Crippen LogP contribution < -0.4 is 5.73 Å². The number of allylic oxidation sites excluding steroid dienone is 31. The number of hydrogen-bond acceptors (Lipinski definition) is 2. The molecule has 3 unspecified atom stereocenters. The highest BCUT2D eigenvalue weighted by molar-refractivity contribution is 7.81. The molecule has 3 atom stereocenters. The van der Waals surface area contributed by atoms with Crippen LogP contribution in [0.1, 0.15) is 32.3 Å². The number of nitrogens with two attached hydrogens (primary N) is 1. The van der Waals surface area contributed by atoms with E-state index in [0.29, 0.717) is 6.42 Å². The first kappa shape index (κ1) is 43.6. The Morgan fingerprint density at radius 3 is 2.08 bits per heavy atom. The maximum absolute atomic E-state index is 6.21. The van der Waals surface area contributed by atoms with Crippen molar-refractivity contribution in [3.8, 4) is 0 Å². The van der Waals surface area contributed by atoms with Gasteiger partial charge in [-0.05, 0) is 59.1 Å². The van der Waals surface area contributed by atoms with Crippen molar-refractivity contribution in [2.45, 2.75) is 31.9 Å². The summed E-state index contributed by atoms with van der Waals surface area (Å²) in [6, 6.07) is 10.6. The molecule has 1 aromatic rings. The fourth-order valence-electron chi connectivity index (χ4n) is 5.69. The van der Waals surface area contributed by atoms with E-state index in [2.05, 4.69) is 130 Å². The van der Waals surface area contributed by atoms with Crippen molar-refractivity contribution in [1.82, 2.24) is 0 Å². The van der Waals surface area contributed by atoms with Crippen LogP contribution in [-0.2, 0) is 0 Å². The maximum Gasteiger partial charge on any atom is 0.0383 e. The van der Waals surface area contributed by atoms with E-state index in [1.807, 2.05) is 92.0 Å². The van der Waals surface area contributed by atoms with E-state index in [4.69, 9.17) is 24.9 Å². The van der Waals surface area contributed by atoms with Gasteiger partial charge in [-0.15, -0.1) is 0 Å². The van der Waals surface area contributed by atoms with Crippen LogP contribution in [0.5, 0.6) is 0 Å². The molecule has 0 heterocycles.